The summed E-state index contributed by atoms with van der Waals surface area (Å²) in [6.45, 7) is 4.35. The molecule has 0 aliphatic rings. The lowest BCUT2D eigenvalue weighted by Gasteiger charge is -2.08. The van der Waals surface area contributed by atoms with E-state index in [-0.39, 0.29) is 12.5 Å². The zero-order chi connectivity index (χ0) is 14.5. The molecule has 0 atom stereocenters. The van der Waals surface area contributed by atoms with Crippen LogP contribution in [0.25, 0.3) is 10.6 Å². The van der Waals surface area contributed by atoms with E-state index in [0.29, 0.717) is 24.7 Å². The molecule has 0 saturated carbocycles. The average molecular weight is 293 g/mol. The van der Waals surface area contributed by atoms with Crippen molar-refractivity contribution in [3.05, 3.63) is 23.6 Å². The van der Waals surface area contributed by atoms with E-state index < -0.39 is 0 Å². The summed E-state index contributed by atoms with van der Waals surface area (Å²) in [5.74, 6) is 0.908. The van der Waals surface area contributed by atoms with E-state index in [1.165, 1.54) is 0 Å². The zero-order valence-electron chi connectivity index (χ0n) is 11.7. The van der Waals surface area contributed by atoms with Crippen LogP contribution in [0.15, 0.2) is 23.6 Å². The summed E-state index contributed by atoms with van der Waals surface area (Å²) in [7, 11) is 0. The predicted octanol–water partition coefficient (Wildman–Crippen LogP) is 2.59. The first-order valence-electron chi connectivity index (χ1n) is 6.62. The molecule has 2 aromatic heterocycles. The number of aromatic nitrogens is 2. The van der Waals surface area contributed by atoms with Crippen LogP contribution in [0, 0.1) is 5.92 Å². The SMILES string of the molecule is CC(C)CC(=O)Nc1cc(-c2cccs2)nn1CCO. The second-order valence-electron chi connectivity index (χ2n) is 4.99. The Kier molecular flexibility index (Phi) is 4.92. The third kappa shape index (κ3) is 3.68. The fraction of sp³-hybridized carbons (Fsp3) is 0.429. The van der Waals surface area contributed by atoms with Gasteiger partial charge in [-0.2, -0.15) is 5.10 Å². The van der Waals surface area contributed by atoms with Crippen molar-refractivity contribution in [3.63, 3.8) is 0 Å². The van der Waals surface area contributed by atoms with E-state index in [4.69, 9.17) is 5.11 Å². The van der Waals surface area contributed by atoms with Gasteiger partial charge in [-0.1, -0.05) is 19.9 Å². The van der Waals surface area contributed by atoms with Gasteiger partial charge >= 0.3 is 0 Å². The van der Waals surface area contributed by atoms with Crippen LogP contribution in [0.3, 0.4) is 0 Å². The standard InChI is InChI=1S/C14H19N3O2S/c1-10(2)8-14(19)15-13-9-11(12-4-3-7-20-12)16-17(13)5-6-18/h3-4,7,9-10,18H,5-6,8H2,1-2H3,(H,15,19). The highest BCUT2D eigenvalue weighted by Crippen LogP contribution is 2.26. The number of carbonyl (C=O) groups excluding carboxylic acids is 1. The third-order valence-electron chi connectivity index (χ3n) is 2.73. The zero-order valence-corrected chi connectivity index (χ0v) is 12.5. The van der Waals surface area contributed by atoms with Gasteiger partial charge in [0.05, 0.1) is 18.0 Å². The van der Waals surface area contributed by atoms with Crippen LogP contribution in [-0.4, -0.2) is 27.4 Å². The Labute approximate surface area is 122 Å². The highest BCUT2D eigenvalue weighted by atomic mass is 32.1. The molecular formula is C14H19N3O2S. The second kappa shape index (κ2) is 6.67. The van der Waals surface area contributed by atoms with Gasteiger partial charge in [-0.25, -0.2) is 4.68 Å². The first-order chi connectivity index (χ1) is 9.60. The van der Waals surface area contributed by atoms with Crippen molar-refractivity contribution < 1.29 is 9.90 Å². The summed E-state index contributed by atoms with van der Waals surface area (Å²) >= 11 is 1.59. The largest absolute Gasteiger partial charge is 0.394 e. The van der Waals surface area contributed by atoms with Crippen LogP contribution in [0.2, 0.25) is 0 Å². The quantitative estimate of drug-likeness (QED) is 0.860. The molecule has 20 heavy (non-hydrogen) atoms. The third-order valence-corrected chi connectivity index (χ3v) is 3.62. The van der Waals surface area contributed by atoms with Crippen molar-refractivity contribution in [2.24, 2.45) is 5.92 Å². The molecule has 2 rings (SSSR count). The van der Waals surface area contributed by atoms with Gasteiger partial charge in [0.15, 0.2) is 0 Å². The van der Waals surface area contributed by atoms with Gasteiger partial charge < -0.3 is 10.4 Å². The molecule has 0 aliphatic carbocycles. The fourth-order valence-corrected chi connectivity index (χ4v) is 2.57. The number of nitrogens with zero attached hydrogens (tertiary/aromatic N) is 2. The number of anilines is 1. The number of hydrogen-bond acceptors (Lipinski definition) is 4. The number of rotatable bonds is 6. The van der Waals surface area contributed by atoms with Crippen LogP contribution in [-0.2, 0) is 11.3 Å². The van der Waals surface area contributed by atoms with Crippen LogP contribution >= 0.6 is 11.3 Å². The van der Waals surface area contributed by atoms with Gasteiger partial charge in [0.25, 0.3) is 0 Å². The molecule has 6 heteroatoms. The van der Waals surface area contributed by atoms with Crippen molar-refractivity contribution in [1.82, 2.24) is 9.78 Å². The molecule has 0 saturated heterocycles. The number of hydrogen-bond donors (Lipinski definition) is 2. The summed E-state index contributed by atoms with van der Waals surface area (Å²) in [5.41, 5.74) is 0.813. The number of amides is 1. The van der Waals surface area contributed by atoms with Gasteiger partial charge in [-0.05, 0) is 17.4 Å². The fourth-order valence-electron chi connectivity index (χ4n) is 1.89. The molecule has 1 amide bonds. The molecule has 108 valence electrons. The molecule has 0 fully saturated rings. The van der Waals surface area contributed by atoms with Crippen LogP contribution in [0.1, 0.15) is 20.3 Å². The molecule has 0 aliphatic heterocycles. The van der Waals surface area contributed by atoms with E-state index in [9.17, 15) is 4.79 Å². The van der Waals surface area contributed by atoms with Gasteiger partial charge in [-0.15, -0.1) is 11.3 Å². The Morgan fingerprint density at radius 3 is 2.95 bits per heavy atom. The molecule has 0 aromatic carbocycles. The molecule has 2 N–H and O–H groups in total. The maximum atomic E-state index is 11.9. The van der Waals surface area contributed by atoms with Gasteiger partial charge in [-0.3, -0.25) is 4.79 Å². The predicted molar refractivity (Wildman–Crippen MR) is 80.7 cm³/mol. The lowest BCUT2D eigenvalue weighted by Crippen LogP contribution is -2.17. The summed E-state index contributed by atoms with van der Waals surface area (Å²) in [5, 5.41) is 18.4. The summed E-state index contributed by atoms with van der Waals surface area (Å²) in [6.07, 6.45) is 0.471. The lowest BCUT2D eigenvalue weighted by molar-refractivity contribution is -0.116. The topological polar surface area (TPSA) is 67.2 Å². The molecule has 0 spiro atoms. The Hall–Kier alpha value is -1.66. The van der Waals surface area contributed by atoms with E-state index in [2.05, 4.69) is 10.4 Å². The molecule has 0 radical (unpaired) electrons. The van der Waals surface area contributed by atoms with E-state index in [1.54, 1.807) is 16.0 Å². The number of thiophene rings is 1. The Bertz CT molecular complexity index is 561. The minimum atomic E-state index is -0.0307. The monoisotopic (exact) mass is 293 g/mol. The molecule has 5 nitrogen and oxygen atoms in total. The molecule has 2 aromatic rings. The number of aliphatic hydroxyl groups excluding tert-OH is 1. The smallest absolute Gasteiger partial charge is 0.225 e. The van der Waals surface area contributed by atoms with E-state index >= 15 is 0 Å². The Morgan fingerprint density at radius 1 is 1.55 bits per heavy atom. The number of aliphatic hydroxyl groups is 1. The van der Waals surface area contributed by atoms with Crippen molar-refractivity contribution in [2.45, 2.75) is 26.8 Å². The summed E-state index contributed by atoms with van der Waals surface area (Å²) in [4.78, 5) is 12.9. The van der Waals surface area contributed by atoms with Crippen molar-refractivity contribution in [2.75, 3.05) is 11.9 Å². The molecule has 0 unspecified atom stereocenters. The van der Waals surface area contributed by atoms with Gasteiger partial charge in [0, 0.05) is 12.5 Å². The number of carbonyl (C=O) groups is 1. The highest BCUT2D eigenvalue weighted by Gasteiger charge is 2.13. The van der Waals surface area contributed by atoms with Crippen molar-refractivity contribution in [1.29, 1.82) is 0 Å². The van der Waals surface area contributed by atoms with Crippen molar-refractivity contribution >= 4 is 23.1 Å². The van der Waals surface area contributed by atoms with Crippen molar-refractivity contribution in [3.8, 4) is 10.6 Å². The van der Waals surface area contributed by atoms with Crippen LogP contribution in [0.5, 0.6) is 0 Å². The highest BCUT2D eigenvalue weighted by molar-refractivity contribution is 7.13. The molecular weight excluding hydrogens is 274 g/mol. The second-order valence-corrected chi connectivity index (χ2v) is 5.93. The normalized spacial score (nSPS) is 11.0. The Balaban J connectivity index is 2.20. The van der Waals surface area contributed by atoms with Gasteiger partial charge in [0.1, 0.15) is 11.5 Å². The first kappa shape index (κ1) is 14.7. The van der Waals surface area contributed by atoms with E-state index in [0.717, 1.165) is 10.6 Å². The first-order valence-corrected chi connectivity index (χ1v) is 7.50. The molecule has 2 heterocycles. The maximum Gasteiger partial charge on any atom is 0.225 e. The number of nitrogens with one attached hydrogen (secondary N) is 1. The van der Waals surface area contributed by atoms with Gasteiger partial charge in [0.2, 0.25) is 5.91 Å². The minimum absolute atomic E-state index is 0.0153. The van der Waals surface area contributed by atoms with Crippen LogP contribution in [0.4, 0.5) is 5.82 Å². The average Bonchev–Trinajstić information content (AvgIpc) is 2.98. The summed E-state index contributed by atoms with van der Waals surface area (Å²) < 4.78 is 1.63. The van der Waals surface area contributed by atoms with E-state index in [1.807, 2.05) is 37.4 Å². The Morgan fingerprint density at radius 2 is 2.35 bits per heavy atom. The maximum absolute atomic E-state index is 11.9. The molecule has 0 bridgehead atoms. The van der Waals surface area contributed by atoms with Crippen LogP contribution < -0.4 is 5.32 Å². The minimum Gasteiger partial charge on any atom is -0.394 e. The summed E-state index contributed by atoms with van der Waals surface area (Å²) in [6, 6.07) is 5.79. The lowest BCUT2D eigenvalue weighted by atomic mass is 10.1.